The molecular formula is C16H17F3N2O3. The van der Waals surface area contributed by atoms with Gasteiger partial charge in [-0.05, 0) is 25.0 Å². The minimum atomic E-state index is -4.71. The smallest absolute Gasteiger partial charge is 0.417 e. The van der Waals surface area contributed by atoms with Crippen molar-refractivity contribution in [1.82, 2.24) is 5.32 Å². The summed E-state index contributed by atoms with van der Waals surface area (Å²) >= 11 is 0. The van der Waals surface area contributed by atoms with Crippen LogP contribution in [0.2, 0.25) is 0 Å². The molecule has 0 spiro atoms. The second kappa shape index (κ2) is 7.34. The molecule has 0 bridgehead atoms. The average molecular weight is 342 g/mol. The Morgan fingerprint density at radius 3 is 2.38 bits per heavy atom. The minimum absolute atomic E-state index is 0.215. The maximum absolute atomic E-state index is 12.8. The largest absolute Gasteiger partial charge is 0.452 e. The van der Waals surface area contributed by atoms with E-state index in [1.54, 1.807) is 13.8 Å². The van der Waals surface area contributed by atoms with Gasteiger partial charge in [-0.2, -0.15) is 18.4 Å². The summed E-state index contributed by atoms with van der Waals surface area (Å²) < 4.78 is 43.2. The van der Waals surface area contributed by atoms with Gasteiger partial charge in [0, 0.05) is 0 Å². The molecule has 24 heavy (non-hydrogen) atoms. The molecule has 130 valence electrons. The Bertz CT molecular complexity index is 665. The molecule has 1 amide bonds. The van der Waals surface area contributed by atoms with E-state index in [2.05, 4.69) is 10.1 Å². The molecule has 8 heteroatoms. The van der Waals surface area contributed by atoms with Crippen LogP contribution in [0.5, 0.6) is 0 Å². The molecule has 0 aliphatic heterocycles. The molecule has 5 nitrogen and oxygen atoms in total. The van der Waals surface area contributed by atoms with E-state index >= 15 is 0 Å². The van der Waals surface area contributed by atoms with Crippen LogP contribution in [0.4, 0.5) is 13.2 Å². The van der Waals surface area contributed by atoms with Crippen molar-refractivity contribution >= 4 is 11.9 Å². The van der Waals surface area contributed by atoms with Gasteiger partial charge in [0.2, 0.25) is 0 Å². The van der Waals surface area contributed by atoms with Crippen molar-refractivity contribution in [3.05, 3.63) is 35.4 Å². The van der Waals surface area contributed by atoms with Gasteiger partial charge in [0.25, 0.3) is 5.91 Å². The van der Waals surface area contributed by atoms with Crippen LogP contribution in [0.15, 0.2) is 24.3 Å². The Kier molecular flexibility index (Phi) is 5.96. The molecule has 0 aliphatic carbocycles. The fourth-order valence-electron chi connectivity index (χ4n) is 1.74. The lowest BCUT2D eigenvalue weighted by Crippen LogP contribution is -2.50. The molecule has 0 heterocycles. The fraction of sp³-hybridized carbons (Fsp3) is 0.438. The molecule has 0 saturated carbocycles. The first-order chi connectivity index (χ1) is 11.0. The van der Waals surface area contributed by atoms with Crippen molar-refractivity contribution in [2.75, 3.05) is 6.61 Å². The molecule has 1 aromatic carbocycles. The summed E-state index contributed by atoms with van der Waals surface area (Å²) in [6.45, 7) is 4.15. The van der Waals surface area contributed by atoms with Crippen LogP contribution in [0.1, 0.15) is 36.7 Å². The second-order valence-electron chi connectivity index (χ2n) is 5.64. The first-order valence-electron chi connectivity index (χ1n) is 7.07. The number of rotatable bonds is 5. The second-order valence-corrected chi connectivity index (χ2v) is 5.64. The number of hydrogen-bond donors (Lipinski definition) is 1. The van der Waals surface area contributed by atoms with Gasteiger partial charge in [-0.25, -0.2) is 4.79 Å². The Hall–Kier alpha value is -2.56. The zero-order valence-corrected chi connectivity index (χ0v) is 13.4. The standard InChI is InChI=1S/C16H17F3N2O3/c1-10(2)15(3,9-20)21-13(22)8-24-14(23)11-6-4-5-7-12(11)16(17,18)19/h4-7,10H,8H2,1-3H3,(H,21,22)/t15-/m1/s1. The molecule has 1 aromatic rings. The summed E-state index contributed by atoms with van der Waals surface area (Å²) in [5.74, 6) is -2.25. The zero-order chi connectivity index (χ0) is 18.5. The van der Waals surface area contributed by atoms with Crippen molar-refractivity contribution in [3.8, 4) is 6.07 Å². The third-order valence-electron chi connectivity index (χ3n) is 3.57. The van der Waals surface area contributed by atoms with Crippen LogP contribution in [0.3, 0.4) is 0 Å². The number of nitriles is 1. The van der Waals surface area contributed by atoms with Gasteiger partial charge < -0.3 is 10.1 Å². The van der Waals surface area contributed by atoms with Crippen molar-refractivity contribution in [1.29, 1.82) is 5.26 Å². The number of carbonyl (C=O) groups excluding carboxylic acids is 2. The predicted molar refractivity (Wildman–Crippen MR) is 78.7 cm³/mol. The van der Waals surface area contributed by atoms with Crippen molar-refractivity contribution in [2.24, 2.45) is 5.92 Å². The van der Waals surface area contributed by atoms with Crippen LogP contribution in [0.25, 0.3) is 0 Å². The van der Waals surface area contributed by atoms with Gasteiger partial charge in [0.05, 0.1) is 17.2 Å². The van der Waals surface area contributed by atoms with Crippen molar-refractivity contribution in [3.63, 3.8) is 0 Å². The molecule has 0 unspecified atom stereocenters. The highest BCUT2D eigenvalue weighted by Gasteiger charge is 2.35. The Labute approximate surface area is 137 Å². The summed E-state index contributed by atoms with van der Waals surface area (Å²) in [4.78, 5) is 23.6. The summed E-state index contributed by atoms with van der Waals surface area (Å²) in [6.07, 6.45) is -4.71. The van der Waals surface area contributed by atoms with Gasteiger partial charge in [-0.15, -0.1) is 0 Å². The van der Waals surface area contributed by atoms with Crippen LogP contribution in [0, 0.1) is 17.2 Å². The summed E-state index contributed by atoms with van der Waals surface area (Å²) in [5, 5.41) is 11.5. The van der Waals surface area contributed by atoms with E-state index in [4.69, 9.17) is 5.26 Å². The number of nitrogens with one attached hydrogen (secondary N) is 1. The van der Waals surface area contributed by atoms with Gasteiger partial charge in [0.15, 0.2) is 6.61 Å². The molecule has 0 radical (unpaired) electrons. The van der Waals surface area contributed by atoms with Crippen LogP contribution < -0.4 is 5.32 Å². The molecule has 1 N–H and O–H groups in total. The van der Waals surface area contributed by atoms with E-state index in [0.29, 0.717) is 0 Å². The number of esters is 1. The number of ether oxygens (including phenoxy) is 1. The summed E-state index contributed by atoms with van der Waals surface area (Å²) in [6, 6.07) is 6.06. The molecule has 0 aromatic heterocycles. The number of alkyl halides is 3. The number of hydrogen-bond acceptors (Lipinski definition) is 4. The average Bonchev–Trinajstić information content (AvgIpc) is 2.51. The lowest BCUT2D eigenvalue weighted by atomic mass is 9.90. The lowest BCUT2D eigenvalue weighted by Gasteiger charge is -2.27. The quantitative estimate of drug-likeness (QED) is 0.835. The Morgan fingerprint density at radius 2 is 1.88 bits per heavy atom. The van der Waals surface area contributed by atoms with E-state index < -0.39 is 41.3 Å². The maximum Gasteiger partial charge on any atom is 0.417 e. The van der Waals surface area contributed by atoms with E-state index in [-0.39, 0.29) is 5.92 Å². The Morgan fingerprint density at radius 1 is 1.29 bits per heavy atom. The lowest BCUT2D eigenvalue weighted by molar-refractivity contribution is -0.138. The topological polar surface area (TPSA) is 79.2 Å². The SMILES string of the molecule is CC(C)[C@@](C)(C#N)NC(=O)COC(=O)c1ccccc1C(F)(F)F. The molecule has 1 rings (SSSR count). The molecule has 0 saturated heterocycles. The van der Waals surface area contributed by atoms with Crippen molar-refractivity contribution < 1.29 is 27.5 Å². The monoisotopic (exact) mass is 342 g/mol. The molecule has 0 aliphatic rings. The van der Waals surface area contributed by atoms with Crippen LogP contribution in [-0.2, 0) is 15.7 Å². The number of amides is 1. The van der Waals surface area contributed by atoms with Gasteiger partial charge in [-0.3, -0.25) is 4.79 Å². The molecule has 0 fully saturated rings. The first-order valence-corrected chi connectivity index (χ1v) is 7.07. The third kappa shape index (κ3) is 4.72. The van der Waals surface area contributed by atoms with E-state index in [9.17, 15) is 22.8 Å². The predicted octanol–water partition coefficient (Wildman–Crippen LogP) is 2.92. The van der Waals surface area contributed by atoms with E-state index in [1.165, 1.54) is 13.0 Å². The summed E-state index contributed by atoms with van der Waals surface area (Å²) in [7, 11) is 0. The summed E-state index contributed by atoms with van der Waals surface area (Å²) in [5.41, 5.74) is -2.99. The van der Waals surface area contributed by atoms with E-state index in [1.807, 2.05) is 6.07 Å². The van der Waals surface area contributed by atoms with Gasteiger partial charge in [0.1, 0.15) is 5.54 Å². The highest BCUT2D eigenvalue weighted by atomic mass is 19.4. The minimum Gasteiger partial charge on any atom is -0.452 e. The molecular weight excluding hydrogens is 325 g/mol. The number of halogens is 3. The highest BCUT2D eigenvalue weighted by Crippen LogP contribution is 2.32. The van der Waals surface area contributed by atoms with Gasteiger partial charge >= 0.3 is 12.1 Å². The van der Waals surface area contributed by atoms with Crippen LogP contribution >= 0.6 is 0 Å². The number of carbonyl (C=O) groups is 2. The highest BCUT2D eigenvalue weighted by molar-refractivity contribution is 5.93. The fourth-order valence-corrected chi connectivity index (χ4v) is 1.74. The number of nitrogens with zero attached hydrogens (tertiary/aromatic N) is 1. The first kappa shape index (κ1) is 19.5. The number of benzene rings is 1. The van der Waals surface area contributed by atoms with E-state index in [0.717, 1.165) is 18.2 Å². The molecule has 1 atom stereocenters. The normalized spacial score (nSPS) is 13.8. The zero-order valence-electron chi connectivity index (χ0n) is 13.4. The van der Waals surface area contributed by atoms with Crippen molar-refractivity contribution in [2.45, 2.75) is 32.5 Å². The maximum atomic E-state index is 12.8. The Balaban J connectivity index is 2.78. The third-order valence-corrected chi connectivity index (χ3v) is 3.57. The van der Waals surface area contributed by atoms with Crippen LogP contribution in [-0.4, -0.2) is 24.0 Å². The van der Waals surface area contributed by atoms with Gasteiger partial charge in [-0.1, -0.05) is 26.0 Å².